The quantitative estimate of drug-likeness (QED) is 0.753. The summed E-state index contributed by atoms with van der Waals surface area (Å²) in [7, 11) is 0. The van der Waals surface area contributed by atoms with Crippen LogP contribution in [0.3, 0.4) is 0 Å². The van der Waals surface area contributed by atoms with Gasteiger partial charge in [-0.05, 0) is 42.5 Å². The number of amides is 1. The van der Waals surface area contributed by atoms with Crippen LogP contribution in [0, 0.1) is 5.82 Å². The van der Waals surface area contributed by atoms with E-state index in [1.807, 2.05) is 24.3 Å². The molecule has 0 radical (unpaired) electrons. The Morgan fingerprint density at radius 2 is 1.86 bits per heavy atom. The van der Waals surface area contributed by atoms with E-state index < -0.39 is 5.82 Å². The van der Waals surface area contributed by atoms with Gasteiger partial charge in [0.15, 0.2) is 11.6 Å². The molecule has 0 saturated carbocycles. The molecule has 0 unspecified atom stereocenters. The Kier molecular flexibility index (Phi) is 5.09. The van der Waals surface area contributed by atoms with E-state index in [2.05, 4.69) is 25.4 Å². The fourth-order valence-corrected chi connectivity index (χ4v) is 3.09. The molecule has 1 N–H and O–H groups in total. The van der Waals surface area contributed by atoms with Gasteiger partial charge in [0.05, 0.1) is 11.9 Å². The van der Waals surface area contributed by atoms with Gasteiger partial charge in [-0.2, -0.15) is 0 Å². The summed E-state index contributed by atoms with van der Waals surface area (Å²) in [4.78, 5) is 20.4. The molecule has 7 nitrogen and oxygen atoms in total. The van der Waals surface area contributed by atoms with Crippen LogP contribution in [0.2, 0.25) is 0 Å². The fourth-order valence-electron chi connectivity index (χ4n) is 3.09. The zero-order chi connectivity index (χ0) is 19.3. The van der Waals surface area contributed by atoms with E-state index in [0.717, 1.165) is 11.5 Å². The SMILES string of the molecule is O=C(c1cccc(F)c1)N1CCN(c2ccc(Nc3cccnc3)nn2)CC1. The van der Waals surface area contributed by atoms with E-state index in [-0.39, 0.29) is 5.91 Å². The summed E-state index contributed by atoms with van der Waals surface area (Å²) in [5, 5.41) is 11.6. The van der Waals surface area contributed by atoms with Gasteiger partial charge in [-0.25, -0.2) is 4.39 Å². The van der Waals surface area contributed by atoms with Gasteiger partial charge in [0, 0.05) is 37.9 Å². The number of benzene rings is 1. The molecule has 1 amide bonds. The third kappa shape index (κ3) is 4.06. The molecule has 4 rings (SSSR count). The van der Waals surface area contributed by atoms with Gasteiger partial charge in [-0.15, -0.1) is 10.2 Å². The molecule has 0 spiro atoms. The van der Waals surface area contributed by atoms with Crippen LogP contribution in [0.15, 0.2) is 60.9 Å². The summed E-state index contributed by atoms with van der Waals surface area (Å²) in [5.41, 5.74) is 1.22. The lowest BCUT2D eigenvalue weighted by Crippen LogP contribution is -2.49. The van der Waals surface area contributed by atoms with Crippen molar-refractivity contribution in [1.29, 1.82) is 0 Å². The van der Waals surface area contributed by atoms with Crippen molar-refractivity contribution in [3.05, 3.63) is 72.3 Å². The Bertz CT molecular complexity index is 942. The highest BCUT2D eigenvalue weighted by Gasteiger charge is 2.23. The Morgan fingerprint density at radius 1 is 1.00 bits per heavy atom. The lowest BCUT2D eigenvalue weighted by molar-refractivity contribution is 0.0746. The van der Waals surface area contributed by atoms with Gasteiger partial charge in [0.1, 0.15) is 5.82 Å². The van der Waals surface area contributed by atoms with Crippen molar-refractivity contribution in [2.75, 3.05) is 36.4 Å². The number of carbonyl (C=O) groups is 1. The topological polar surface area (TPSA) is 74.2 Å². The molecule has 2 aromatic heterocycles. The molecule has 142 valence electrons. The summed E-state index contributed by atoms with van der Waals surface area (Å²) in [6, 6.07) is 13.3. The summed E-state index contributed by atoms with van der Waals surface area (Å²) in [6.07, 6.45) is 3.42. The molecular weight excluding hydrogens is 359 g/mol. The van der Waals surface area contributed by atoms with E-state index in [1.165, 1.54) is 12.1 Å². The normalized spacial score (nSPS) is 14.0. The molecule has 3 heterocycles. The number of piperazine rings is 1. The van der Waals surface area contributed by atoms with E-state index >= 15 is 0 Å². The maximum atomic E-state index is 13.3. The first-order chi connectivity index (χ1) is 13.7. The number of hydrogen-bond donors (Lipinski definition) is 1. The average Bonchev–Trinajstić information content (AvgIpc) is 2.75. The number of carbonyl (C=O) groups excluding carboxylic acids is 1. The molecule has 1 aliphatic heterocycles. The van der Waals surface area contributed by atoms with Gasteiger partial charge in [-0.1, -0.05) is 6.07 Å². The van der Waals surface area contributed by atoms with Crippen molar-refractivity contribution in [3.8, 4) is 0 Å². The largest absolute Gasteiger partial charge is 0.352 e. The summed E-state index contributed by atoms with van der Waals surface area (Å²) in [6.45, 7) is 2.38. The van der Waals surface area contributed by atoms with Crippen LogP contribution in [-0.2, 0) is 0 Å². The van der Waals surface area contributed by atoms with Crippen molar-refractivity contribution < 1.29 is 9.18 Å². The predicted octanol–water partition coefficient (Wildman–Crippen LogP) is 2.72. The van der Waals surface area contributed by atoms with Crippen molar-refractivity contribution in [2.45, 2.75) is 0 Å². The minimum absolute atomic E-state index is 0.152. The number of nitrogens with one attached hydrogen (secondary N) is 1. The van der Waals surface area contributed by atoms with E-state index in [1.54, 1.807) is 29.4 Å². The molecule has 3 aromatic rings. The van der Waals surface area contributed by atoms with Crippen molar-refractivity contribution in [1.82, 2.24) is 20.1 Å². The number of halogens is 1. The van der Waals surface area contributed by atoms with Gasteiger partial charge in [-0.3, -0.25) is 9.78 Å². The number of rotatable bonds is 4. The lowest BCUT2D eigenvalue weighted by atomic mass is 10.1. The predicted molar refractivity (Wildman–Crippen MR) is 104 cm³/mol. The highest BCUT2D eigenvalue weighted by Crippen LogP contribution is 2.18. The van der Waals surface area contributed by atoms with E-state index in [4.69, 9.17) is 0 Å². The van der Waals surface area contributed by atoms with Crippen LogP contribution in [0.5, 0.6) is 0 Å². The summed E-state index contributed by atoms with van der Waals surface area (Å²) in [5.74, 6) is 0.840. The van der Waals surface area contributed by atoms with Crippen LogP contribution in [0.25, 0.3) is 0 Å². The first kappa shape index (κ1) is 17.8. The molecule has 28 heavy (non-hydrogen) atoms. The van der Waals surface area contributed by atoms with Crippen LogP contribution in [0.4, 0.5) is 21.7 Å². The summed E-state index contributed by atoms with van der Waals surface area (Å²) < 4.78 is 13.3. The third-order valence-corrected chi connectivity index (χ3v) is 4.55. The Hall–Kier alpha value is -3.55. The van der Waals surface area contributed by atoms with Crippen molar-refractivity contribution in [3.63, 3.8) is 0 Å². The van der Waals surface area contributed by atoms with Gasteiger partial charge >= 0.3 is 0 Å². The Balaban J connectivity index is 1.35. The van der Waals surface area contributed by atoms with Gasteiger partial charge < -0.3 is 15.1 Å². The van der Waals surface area contributed by atoms with E-state index in [9.17, 15) is 9.18 Å². The van der Waals surface area contributed by atoms with Crippen LogP contribution >= 0.6 is 0 Å². The first-order valence-corrected chi connectivity index (χ1v) is 8.99. The van der Waals surface area contributed by atoms with Crippen LogP contribution in [-0.4, -0.2) is 52.2 Å². The zero-order valence-electron chi connectivity index (χ0n) is 15.1. The molecule has 8 heteroatoms. The highest BCUT2D eigenvalue weighted by atomic mass is 19.1. The monoisotopic (exact) mass is 378 g/mol. The molecule has 1 aromatic carbocycles. The molecule has 1 saturated heterocycles. The molecule has 0 atom stereocenters. The number of hydrogen-bond acceptors (Lipinski definition) is 6. The molecule has 1 fully saturated rings. The Labute approximate surface area is 161 Å². The molecular formula is C20H19FN6O. The zero-order valence-corrected chi connectivity index (χ0v) is 15.1. The second-order valence-electron chi connectivity index (χ2n) is 6.43. The first-order valence-electron chi connectivity index (χ1n) is 8.99. The number of nitrogens with zero attached hydrogens (tertiary/aromatic N) is 5. The minimum atomic E-state index is -0.403. The van der Waals surface area contributed by atoms with Crippen molar-refractivity contribution >= 4 is 23.2 Å². The maximum Gasteiger partial charge on any atom is 0.254 e. The number of anilines is 3. The van der Waals surface area contributed by atoms with Gasteiger partial charge in [0.2, 0.25) is 0 Å². The Morgan fingerprint density at radius 3 is 2.54 bits per heavy atom. The second-order valence-corrected chi connectivity index (χ2v) is 6.43. The van der Waals surface area contributed by atoms with E-state index in [0.29, 0.717) is 37.6 Å². The highest BCUT2D eigenvalue weighted by molar-refractivity contribution is 5.94. The molecule has 0 aliphatic carbocycles. The third-order valence-electron chi connectivity index (χ3n) is 4.55. The number of pyridine rings is 1. The fraction of sp³-hybridized carbons (Fsp3) is 0.200. The lowest BCUT2D eigenvalue weighted by Gasteiger charge is -2.35. The standard InChI is InChI=1S/C20H19FN6O/c21-16-4-1-3-15(13-16)20(28)27-11-9-26(10-12-27)19-7-6-18(24-25-19)23-17-5-2-8-22-14-17/h1-8,13-14H,9-12H2,(H,23,24). The molecule has 1 aliphatic rings. The van der Waals surface area contributed by atoms with Crippen molar-refractivity contribution in [2.24, 2.45) is 0 Å². The second kappa shape index (κ2) is 7.99. The average molecular weight is 378 g/mol. The number of aromatic nitrogens is 3. The van der Waals surface area contributed by atoms with Gasteiger partial charge in [0.25, 0.3) is 5.91 Å². The summed E-state index contributed by atoms with van der Waals surface area (Å²) >= 11 is 0. The van der Waals surface area contributed by atoms with Crippen LogP contribution < -0.4 is 10.2 Å². The smallest absolute Gasteiger partial charge is 0.254 e. The molecule has 0 bridgehead atoms. The maximum absolute atomic E-state index is 13.3. The van der Waals surface area contributed by atoms with Crippen LogP contribution in [0.1, 0.15) is 10.4 Å². The minimum Gasteiger partial charge on any atom is -0.352 e.